The second kappa shape index (κ2) is 10.0. The molecule has 0 saturated carbocycles. The van der Waals surface area contributed by atoms with Gasteiger partial charge in [-0.25, -0.2) is 0 Å². The van der Waals surface area contributed by atoms with Crippen molar-refractivity contribution in [1.29, 1.82) is 0 Å². The molecule has 1 heterocycles. The van der Waals surface area contributed by atoms with Gasteiger partial charge < -0.3 is 28.7 Å². The summed E-state index contributed by atoms with van der Waals surface area (Å²) in [7, 11) is 7.89. The molecule has 0 saturated heterocycles. The third kappa shape index (κ3) is 4.17. The number of nitrogens with zero attached hydrogens (tertiary/aromatic N) is 2. The van der Waals surface area contributed by atoms with Gasteiger partial charge in [0.2, 0.25) is 5.91 Å². The molecule has 178 valence electrons. The third-order valence-electron chi connectivity index (χ3n) is 6.26. The molecule has 0 N–H and O–H groups in total. The molecule has 0 bridgehead atoms. The first-order chi connectivity index (χ1) is 15.9. The van der Waals surface area contributed by atoms with Crippen LogP contribution in [0.5, 0.6) is 23.0 Å². The molecule has 0 radical (unpaired) electrons. The van der Waals surface area contributed by atoms with Crippen molar-refractivity contribution < 1.29 is 28.5 Å². The lowest BCUT2D eigenvalue weighted by molar-refractivity contribution is -0.134. The largest absolute Gasteiger partial charge is 0.493 e. The van der Waals surface area contributed by atoms with Gasteiger partial charge in [0.05, 0.1) is 40.4 Å². The number of hydrogen-bond donors (Lipinski definition) is 0. The van der Waals surface area contributed by atoms with E-state index in [0.29, 0.717) is 47.2 Å². The van der Waals surface area contributed by atoms with Crippen LogP contribution >= 0.6 is 0 Å². The Morgan fingerprint density at radius 2 is 1.42 bits per heavy atom. The van der Waals surface area contributed by atoms with Gasteiger partial charge in [-0.05, 0) is 49.2 Å². The maximum absolute atomic E-state index is 13.9. The molecule has 0 unspecified atom stereocenters. The van der Waals surface area contributed by atoms with Crippen molar-refractivity contribution in [3.05, 3.63) is 47.0 Å². The molecule has 1 aliphatic rings. The first-order valence-electron chi connectivity index (χ1n) is 10.9. The highest BCUT2D eigenvalue weighted by molar-refractivity contribution is 6.02. The highest BCUT2D eigenvalue weighted by Crippen LogP contribution is 2.47. The van der Waals surface area contributed by atoms with Crippen LogP contribution in [0.4, 0.5) is 0 Å². The topological polar surface area (TPSA) is 77.5 Å². The molecule has 8 nitrogen and oxygen atoms in total. The van der Waals surface area contributed by atoms with Gasteiger partial charge in [-0.3, -0.25) is 9.59 Å². The average molecular weight is 457 g/mol. The highest BCUT2D eigenvalue weighted by Gasteiger charge is 2.44. The third-order valence-corrected chi connectivity index (χ3v) is 6.26. The fourth-order valence-corrected chi connectivity index (χ4v) is 4.50. The van der Waals surface area contributed by atoms with E-state index in [-0.39, 0.29) is 11.8 Å². The van der Waals surface area contributed by atoms with Crippen molar-refractivity contribution >= 4 is 11.8 Å². The van der Waals surface area contributed by atoms with Crippen molar-refractivity contribution in [2.75, 3.05) is 48.6 Å². The van der Waals surface area contributed by atoms with Gasteiger partial charge in [0.1, 0.15) is 0 Å². The van der Waals surface area contributed by atoms with Crippen LogP contribution in [0.3, 0.4) is 0 Å². The molecular formula is C25H32N2O6. The number of likely N-dealkylation sites (N-methyl/N-ethyl adjacent to an activating group) is 2. The van der Waals surface area contributed by atoms with E-state index < -0.39 is 12.0 Å². The van der Waals surface area contributed by atoms with Crippen LogP contribution in [0.25, 0.3) is 0 Å². The van der Waals surface area contributed by atoms with E-state index in [2.05, 4.69) is 0 Å². The van der Waals surface area contributed by atoms with Crippen LogP contribution in [0, 0.1) is 0 Å². The summed E-state index contributed by atoms with van der Waals surface area (Å²) in [6.45, 7) is 5.01. The molecule has 0 spiro atoms. The maximum atomic E-state index is 13.9. The Morgan fingerprint density at radius 1 is 0.879 bits per heavy atom. The zero-order chi connectivity index (χ0) is 24.3. The van der Waals surface area contributed by atoms with Crippen LogP contribution in [-0.2, 0) is 4.79 Å². The number of rotatable bonds is 8. The number of methoxy groups -OCH3 is 4. The van der Waals surface area contributed by atoms with E-state index in [4.69, 9.17) is 18.9 Å². The fraction of sp³-hybridized carbons (Fsp3) is 0.440. The predicted molar refractivity (Wildman–Crippen MR) is 125 cm³/mol. The smallest absolute Gasteiger partial charge is 0.254 e. The van der Waals surface area contributed by atoms with Crippen LogP contribution in [-0.4, -0.2) is 70.2 Å². The number of hydrogen-bond acceptors (Lipinski definition) is 6. The minimum absolute atomic E-state index is 0.0624. The van der Waals surface area contributed by atoms with Gasteiger partial charge in [-0.2, -0.15) is 0 Å². The SMILES string of the molecule is CCN(CC)C(=O)[C@H]1c2cc(OC)c(OC)cc2C(=O)N(C)[C@H]1c1ccc(OC)c(OC)c1. The Bertz CT molecular complexity index is 1030. The summed E-state index contributed by atoms with van der Waals surface area (Å²) in [4.78, 5) is 30.7. The molecular weight excluding hydrogens is 424 g/mol. The fourth-order valence-electron chi connectivity index (χ4n) is 4.50. The maximum Gasteiger partial charge on any atom is 0.254 e. The minimum Gasteiger partial charge on any atom is -0.493 e. The summed E-state index contributed by atoms with van der Waals surface area (Å²) in [5.74, 6) is 1.11. The number of carbonyl (C=O) groups excluding carboxylic acids is 2. The van der Waals surface area contributed by atoms with Crippen molar-refractivity contribution in [3.8, 4) is 23.0 Å². The monoisotopic (exact) mass is 456 g/mol. The van der Waals surface area contributed by atoms with Gasteiger partial charge in [0.15, 0.2) is 23.0 Å². The molecule has 2 amide bonds. The van der Waals surface area contributed by atoms with Gasteiger partial charge in [-0.1, -0.05) is 6.07 Å². The number of carbonyl (C=O) groups is 2. The Morgan fingerprint density at radius 3 is 1.97 bits per heavy atom. The van der Waals surface area contributed by atoms with E-state index in [1.165, 1.54) is 14.2 Å². The van der Waals surface area contributed by atoms with Gasteiger partial charge in [0, 0.05) is 25.7 Å². The number of ether oxygens (including phenoxy) is 4. The predicted octanol–water partition coefficient (Wildman–Crippen LogP) is 3.50. The first kappa shape index (κ1) is 24.2. The quantitative estimate of drug-likeness (QED) is 0.605. The summed E-state index contributed by atoms with van der Waals surface area (Å²) in [6, 6.07) is 8.33. The van der Waals surface area contributed by atoms with Crippen LogP contribution in [0.15, 0.2) is 30.3 Å². The van der Waals surface area contributed by atoms with Crippen molar-refractivity contribution in [2.24, 2.45) is 0 Å². The zero-order valence-corrected chi connectivity index (χ0v) is 20.3. The summed E-state index contributed by atoms with van der Waals surface area (Å²) in [5.41, 5.74) is 1.82. The van der Waals surface area contributed by atoms with Crippen LogP contribution < -0.4 is 18.9 Å². The molecule has 1 aliphatic heterocycles. The molecule has 2 aromatic carbocycles. The normalized spacial score (nSPS) is 17.3. The number of amides is 2. The zero-order valence-electron chi connectivity index (χ0n) is 20.3. The lowest BCUT2D eigenvalue weighted by Crippen LogP contribution is -2.47. The summed E-state index contributed by atoms with van der Waals surface area (Å²) >= 11 is 0. The lowest BCUT2D eigenvalue weighted by atomic mass is 9.78. The molecule has 0 aliphatic carbocycles. The average Bonchev–Trinajstić information content (AvgIpc) is 2.85. The Balaban J connectivity index is 2.28. The van der Waals surface area contributed by atoms with Crippen molar-refractivity contribution in [2.45, 2.75) is 25.8 Å². The van der Waals surface area contributed by atoms with Gasteiger partial charge in [-0.15, -0.1) is 0 Å². The van der Waals surface area contributed by atoms with E-state index in [0.717, 1.165) is 5.56 Å². The first-order valence-corrected chi connectivity index (χ1v) is 10.9. The molecule has 2 aromatic rings. The van der Waals surface area contributed by atoms with Gasteiger partial charge >= 0.3 is 0 Å². The van der Waals surface area contributed by atoms with Crippen LogP contribution in [0.1, 0.15) is 47.3 Å². The van der Waals surface area contributed by atoms with Gasteiger partial charge in [0.25, 0.3) is 5.91 Å². The van der Waals surface area contributed by atoms with E-state index >= 15 is 0 Å². The lowest BCUT2D eigenvalue weighted by Gasteiger charge is -2.41. The highest BCUT2D eigenvalue weighted by atomic mass is 16.5. The van der Waals surface area contributed by atoms with E-state index in [1.807, 2.05) is 26.0 Å². The molecule has 3 rings (SSSR count). The molecule has 8 heteroatoms. The number of fused-ring (bicyclic) bond motifs is 1. The molecule has 0 aromatic heterocycles. The van der Waals surface area contributed by atoms with Crippen molar-refractivity contribution in [3.63, 3.8) is 0 Å². The second-order valence-electron chi connectivity index (χ2n) is 7.76. The Labute approximate surface area is 195 Å². The second-order valence-corrected chi connectivity index (χ2v) is 7.76. The number of benzene rings is 2. The van der Waals surface area contributed by atoms with Crippen molar-refractivity contribution in [1.82, 2.24) is 9.80 Å². The summed E-state index contributed by atoms with van der Waals surface area (Å²) in [6.07, 6.45) is 0. The summed E-state index contributed by atoms with van der Waals surface area (Å²) < 4.78 is 21.8. The standard InChI is InChI=1S/C25H32N2O6/c1-8-27(9-2)25(29)22-16-13-20(32-6)21(33-7)14-17(16)24(28)26(3)23(22)15-10-11-18(30-4)19(12-15)31-5/h10-14,22-23H,8-9H2,1-7H3/t22-,23-/m0/s1. The Hall–Kier alpha value is -3.42. The summed E-state index contributed by atoms with van der Waals surface area (Å²) in [5, 5.41) is 0. The van der Waals surface area contributed by atoms with E-state index in [1.54, 1.807) is 49.3 Å². The Kier molecular flexibility index (Phi) is 7.36. The molecule has 2 atom stereocenters. The van der Waals surface area contributed by atoms with E-state index in [9.17, 15) is 9.59 Å². The molecule has 33 heavy (non-hydrogen) atoms. The van der Waals surface area contributed by atoms with Crippen LogP contribution in [0.2, 0.25) is 0 Å². The minimum atomic E-state index is -0.638. The molecule has 0 fully saturated rings.